The third-order valence-electron chi connectivity index (χ3n) is 3.67. The Morgan fingerprint density at radius 1 is 1.27 bits per heavy atom. The normalized spacial score (nSPS) is 14.1. The lowest BCUT2D eigenvalue weighted by Crippen LogP contribution is -2.24. The van der Waals surface area contributed by atoms with Crippen molar-refractivity contribution in [3.8, 4) is 6.07 Å². The third kappa shape index (κ3) is 2.51. The van der Waals surface area contributed by atoms with Crippen molar-refractivity contribution in [1.82, 2.24) is 14.6 Å². The van der Waals surface area contributed by atoms with Crippen molar-refractivity contribution in [2.45, 2.75) is 45.5 Å². The van der Waals surface area contributed by atoms with E-state index in [0.717, 1.165) is 10.7 Å². The minimum absolute atomic E-state index is 0.0946. The zero-order valence-electron chi connectivity index (χ0n) is 12.5. The molecule has 8 heteroatoms. The van der Waals surface area contributed by atoms with Crippen LogP contribution in [0.3, 0.4) is 0 Å². The van der Waals surface area contributed by atoms with Crippen LogP contribution in [-0.4, -0.2) is 20.3 Å². The van der Waals surface area contributed by atoms with Gasteiger partial charge >= 0.3 is 6.18 Å². The number of aryl methyl sites for hydroxylation is 1. The fourth-order valence-corrected chi connectivity index (χ4v) is 2.27. The van der Waals surface area contributed by atoms with Gasteiger partial charge in [0.2, 0.25) is 0 Å². The van der Waals surface area contributed by atoms with E-state index in [2.05, 4.69) is 10.1 Å². The summed E-state index contributed by atoms with van der Waals surface area (Å²) in [4.78, 5) is 3.76. The maximum Gasteiger partial charge on any atom is 0.419 e. The molecular weight excluding hydrogens is 300 g/mol. The molecule has 4 nitrogen and oxygen atoms in total. The van der Waals surface area contributed by atoms with E-state index in [1.54, 1.807) is 6.07 Å². The van der Waals surface area contributed by atoms with Crippen LogP contribution >= 0.6 is 0 Å². The summed E-state index contributed by atoms with van der Waals surface area (Å²) in [5.41, 5.74) is -3.99. The molecule has 0 fully saturated rings. The van der Waals surface area contributed by atoms with Crippen molar-refractivity contribution < 1.29 is 17.6 Å². The van der Waals surface area contributed by atoms with Crippen molar-refractivity contribution in [2.24, 2.45) is 0 Å². The van der Waals surface area contributed by atoms with Crippen molar-refractivity contribution in [2.75, 3.05) is 0 Å². The van der Waals surface area contributed by atoms with Gasteiger partial charge in [0, 0.05) is 5.92 Å². The van der Waals surface area contributed by atoms with Gasteiger partial charge in [-0.15, -0.1) is 0 Å². The van der Waals surface area contributed by atoms with Crippen LogP contribution in [0.5, 0.6) is 0 Å². The lowest BCUT2D eigenvalue weighted by Gasteiger charge is -2.23. The van der Waals surface area contributed by atoms with Gasteiger partial charge < -0.3 is 0 Å². The first-order valence-electron chi connectivity index (χ1n) is 6.53. The van der Waals surface area contributed by atoms with Gasteiger partial charge in [0.05, 0.1) is 23.0 Å². The molecule has 0 saturated carbocycles. The zero-order valence-corrected chi connectivity index (χ0v) is 12.5. The average Bonchev–Trinajstić information content (AvgIpc) is 2.69. The van der Waals surface area contributed by atoms with Gasteiger partial charge in [0.25, 0.3) is 0 Å². The lowest BCUT2D eigenvalue weighted by molar-refractivity contribution is -0.136. The second kappa shape index (κ2) is 4.93. The molecule has 1 unspecified atom stereocenters. The first-order valence-corrected chi connectivity index (χ1v) is 6.53. The summed E-state index contributed by atoms with van der Waals surface area (Å²) >= 11 is 0. The second-order valence-electron chi connectivity index (χ2n) is 5.63. The summed E-state index contributed by atoms with van der Waals surface area (Å²) in [5.74, 6) is -0.731. The Kier molecular flexibility index (Phi) is 3.63. The maximum atomic E-state index is 14.3. The van der Waals surface area contributed by atoms with Gasteiger partial charge in [-0.1, -0.05) is 6.92 Å². The Morgan fingerprint density at radius 2 is 1.86 bits per heavy atom. The summed E-state index contributed by atoms with van der Waals surface area (Å²) in [6.45, 7) is 5.44. The SMILES string of the molecule is Cc1ncc2c(C(F)(F)F)c(C#N)c(C(C)C(C)(C)F)n2n1. The minimum atomic E-state index is -4.76. The number of rotatable bonds is 2. The summed E-state index contributed by atoms with van der Waals surface area (Å²) in [6.07, 6.45) is -3.75. The second-order valence-corrected chi connectivity index (χ2v) is 5.63. The molecular formula is C14H14F4N4. The van der Waals surface area contributed by atoms with Gasteiger partial charge in [0.1, 0.15) is 23.1 Å². The topological polar surface area (TPSA) is 54.0 Å². The summed E-state index contributed by atoms with van der Waals surface area (Å²) in [6, 6.07) is 1.56. The molecule has 2 rings (SSSR count). The third-order valence-corrected chi connectivity index (χ3v) is 3.67. The van der Waals surface area contributed by atoms with Crippen molar-refractivity contribution in [3.05, 3.63) is 28.8 Å². The van der Waals surface area contributed by atoms with E-state index in [9.17, 15) is 22.8 Å². The number of halogens is 4. The van der Waals surface area contributed by atoms with Crippen molar-refractivity contribution >= 4 is 5.52 Å². The minimum Gasteiger partial charge on any atom is -0.244 e. The van der Waals surface area contributed by atoms with Gasteiger partial charge in [-0.05, 0) is 20.8 Å². The van der Waals surface area contributed by atoms with E-state index in [-0.39, 0.29) is 17.0 Å². The molecule has 0 aliphatic carbocycles. The van der Waals surface area contributed by atoms with E-state index >= 15 is 0 Å². The molecule has 0 aliphatic rings. The maximum absolute atomic E-state index is 14.3. The Morgan fingerprint density at radius 3 is 2.32 bits per heavy atom. The van der Waals surface area contributed by atoms with E-state index in [1.165, 1.54) is 27.7 Å². The molecule has 22 heavy (non-hydrogen) atoms. The van der Waals surface area contributed by atoms with Gasteiger partial charge in [-0.3, -0.25) is 0 Å². The van der Waals surface area contributed by atoms with E-state index in [4.69, 9.17) is 0 Å². The molecule has 0 aromatic carbocycles. The highest BCUT2D eigenvalue weighted by Crippen LogP contribution is 2.42. The van der Waals surface area contributed by atoms with Gasteiger partial charge in [-0.25, -0.2) is 13.9 Å². The first kappa shape index (κ1) is 16.2. The summed E-state index contributed by atoms with van der Waals surface area (Å²) in [5, 5.41) is 13.2. The van der Waals surface area contributed by atoms with Crippen LogP contribution in [-0.2, 0) is 6.18 Å². The van der Waals surface area contributed by atoms with Gasteiger partial charge in [-0.2, -0.15) is 23.5 Å². The Labute approximate surface area is 124 Å². The fraction of sp³-hybridized carbons (Fsp3) is 0.500. The molecule has 2 heterocycles. The van der Waals surface area contributed by atoms with Crippen LogP contribution in [0.1, 0.15) is 49.3 Å². The van der Waals surface area contributed by atoms with Gasteiger partial charge in [0.15, 0.2) is 0 Å². The predicted octanol–water partition coefficient (Wildman–Crippen LogP) is 3.78. The van der Waals surface area contributed by atoms with Crippen LogP contribution in [0.25, 0.3) is 5.52 Å². The molecule has 0 bridgehead atoms. The fourth-order valence-electron chi connectivity index (χ4n) is 2.27. The Bertz CT molecular complexity index is 762. The lowest BCUT2D eigenvalue weighted by atomic mass is 9.89. The Hall–Kier alpha value is -2.17. The molecule has 118 valence electrons. The number of fused-ring (bicyclic) bond motifs is 1. The number of aromatic nitrogens is 3. The molecule has 0 saturated heterocycles. The van der Waals surface area contributed by atoms with Crippen LogP contribution in [0.4, 0.5) is 17.6 Å². The number of nitriles is 1. The average molecular weight is 314 g/mol. The molecule has 1 atom stereocenters. The van der Waals surface area contributed by atoms with Crippen LogP contribution < -0.4 is 0 Å². The molecule has 2 aromatic rings. The quantitative estimate of drug-likeness (QED) is 0.793. The van der Waals surface area contributed by atoms with E-state index in [1.807, 2.05) is 0 Å². The summed E-state index contributed by atoms with van der Waals surface area (Å²) in [7, 11) is 0. The molecule has 0 spiro atoms. The van der Waals surface area contributed by atoms with Crippen molar-refractivity contribution in [1.29, 1.82) is 5.26 Å². The number of nitrogens with zero attached hydrogens (tertiary/aromatic N) is 4. The predicted molar refractivity (Wildman–Crippen MR) is 71.0 cm³/mol. The standard InChI is InChI=1S/C14H14F4N4/c1-7(13(3,4)15)12-9(5-19)11(14(16,17)18)10-6-20-8(2)21-22(10)12/h6-7H,1-4H3. The van der Waals surface area contributed by atoms with E-state index < -0.39 is 28.9 Å². The molecule has 0 N–H and O–H groups in total. The number of hydrogen-bond donors (Lipinski definition) is 0. The Balaban J connectivity index is 2.97. The first-order chi connectivity index (χ1) is 9.98. The molecule has 0 radical (unpaired) electrons. The zero-order chi connectivity index (χ0) is 16.9. The largest absolute Gasteiger partial charge is 0.419 e. The number of hydrogen-bond acceptors (Lipinski definition) is 3. The molecule has 0 aliphatic heterocycles. The monoisotopic (exact) mass is 314 g/mol. The van der Waals surface area contributed by atoms with Crippen LogP contribution in [0.15, 0.2) is 6.20 Å². The molecule has 0 amide bonds. The highest BCUT2D eigenvalue weighted by molar-refractivity contribution is 5.66. The highest BCUT2D eigenvalue weighted by Gasteiger charge is 2.42. The highest BCUT2D eigenvalue weighted by atomic mass is 19.4. The molecule has 2 aromatic heterocycles. The van der Waals surface area contributed by atoms with Crippen LogP contribution in [0.2, 0.25) is 0 Å². The van der Waals surface area contributed by atoms with Crippen LogP contribution in [0, 0.1) is 18.3 Å². The summed E-state index contributed by atoms with van der Waals surface area (Å²) < 4.78 is 55.2. The number of alkyl halides is 4. The smallest absolute Gasteiger partial charge is 0.244 e. The van der Waals surface area contributed by atoms with E-state index in [0.29, 0.717) is 0 Å². The van der Waals surface area contributed by atoms with Crippen molar-refractivity contribution in [3.63, 3.8) is 0 Å².